The number of hydrogen-bond acceptors (Lipinski definition) is 1. The SMILES string of the molecule is C=C/C=C\c1c(C)oc2c(-c3ccccc3)cccc12. The van der Waals surface area contributed by atoms with Crippen LogP contribution in [0, 0.1) is 6.92 Å². The van der Waals surface area contributed by atoms with Crippen LogP contribution in [0.5, 0.6) is 0 Å². The van der Waals surface area contributed by atoms with Crippen molar-refractivity contribution in [2.24, 2.45) is 0 Å². The Hall–Kier alpha value is -2.54. The van der Waals surface area contributed by atoms with Crippen molar-refractivity contribution < 1.29 is 4.42 Å². The van der Waals surface area contributed by atoms with Crippen LogP contribution in [0.4, 0.5) is 0 Å². The standard InChI is InChI=1S/C19H16O/c1-3-4-11-16-14(2)20-19-17(12-8-13-18(16)19)15-9-6-5-7-10-15/h3-13H,1H2,2H3/b11-4-. The summed E-state index contributed by atoms with van der Waals surface area (Å²) < 4.78 is 6.00. The molecule has 0 N–H and O–H groups in total. The maximum absolute atomic E-state index is 6.00. The van der Waals surface area contributed by atoms with E-state index < -0.39 is 0 Å². The number of aryl methyl sites for hydroxylation is 1. The Bertz CT molecular complexity index is 776. The number of furan rings is 1. The fourth-order valence-corrected chi connectivity index (χ4v) is 2.47. The van der Waals surface area contributed by atoms with Crippen molar-refractivity contribution in [3.63, 3.8) is 0 Å². The largest absolute Gasteiger partial charge is 0.460 e. The van der Waals surface area contributed by atoms with Crippen LogP contribution in [0.2, 0.25) is 0 Å². The van der Waals surface area contributed by atoms with Gasteiger partial charge in [-0.15, -0.1) is 0 Å². The van der Waals surface area contributed by atoms with E-state index in [1.807, 2.05) is 37.3 Å². The summed E-state index contributed by atoms with van der Waals surface area (Å²) in [7, 11) is 0. The molecule has 0 saturated carbocycles. The van der Waals surface area contributed by atoms with Gasteiger partial charge in [0.2, 0.25) is 0 Å². The van der Waals surface area contributed by atoms with Gasteiger partial charge in [0.15, 0.2) is 0 Å². The second kappa shape index (κ2) is 5.22. The van der Waals surface area contributed by atoms with E-state index in [9.17, 15) is 0 Å². The summed E-state index contributed by atoms with van der Waals surface area (Å²) in [6.07, 6.45) is 5.76. The Morgan fingerprint density at radius 1 is 1.00 bits per heavy atom. The van der Waals surface area contributed by atoms with Crippen molar-refractivity contribution in [1.82, 2.24) is 0 Å². The quantitative estimate of drug-likeness (QED) is 0.558. The lowest BCUT2D eigenvalue weighted by Crippen LogP contribution is -1.78. The van der Waals surface area contributed by atoms with Crippen LogP contribution in [0.15, 0.2) is 71.7 Å². The Labute approximate surface area is 118 Å². The van der Waals surface area contributed by atoms with E-state index in [0.717, 1.165) is 27.9 Å². The van der Waals surface area contributed by atoms with Crippen molar-refractivity contribution in [1.29, 1.82) is 0 Å². The van der Waals surface area contributed by atoms with E-state index in [2.05, 4.69) is 36.9 Å². The molecule has 20 heavy (non-hydrogen) atoms. The maximum Gasteiger partial charge on any atom is 0.142 e. The molecule has 0 amide bonds. The first-order valence-electron chi connectivity index (χ1n) is 6.68. The van der Waals surface area contributed by atoms with Crippen LogP contribution in [0.3, 0.4) is 0 Å². The molecule has 0 unspecified atom stereocenters. The van der Waals surface area contributed by atoms with E-state index in [0.29, 0.717) is 0 Å². The Morgan fingerprint density at radius 3 is 2.55 bits per heavy atom. The van der Waals surface area contributed by atoms with Crippen LogP contribution in [-0.4, -0.2) is 0 Å². The molecule has 0 atom stereocenters. The monoisotopic (exact) mass is 260 g/mol. The molecule has 0 bridgehead atoms. The Kier molecular flexibility index (Phi) is 3.26. The van der Waals surface area contributed by atoms with Gasteiger partial charge in [-0.3, -0.25) is 0 Å². The molecule has 1 heteroatoms. The zero-order valence-corrected chi connectivity index (χ0v) is 11.5. The van der Waals surface area contributed by atoms with Gasteiger partial charge in [-0.2, -0.15) is 0 Å². The highest BCUT2D eigenvalue weighted by Crippen LogP contribution is 2.34. The average Bonchev–Trinajstić information content (AvgIpc) is 2.81. The summed E-state index contributed by atoms with van der Waals surface area (Å²) >= 11 is 0. The summed E-state index contributed by atoms with van der Waals surface area (Å²) in [4.78, 5) is 0. The van der Waals surface area contributed by atoms with Crippen molar-refractivity contribution in [2.45, 2.75) is 6.92 Å². The van der Waals surface area contributed by atoms with Crippen LogP contribution < -0.4 is 0 Å². The summed E-state index contributed by atoms with van der Waals surface area (Å²) in [5.41, 5.74) is 4.37. The smallest absolute Gasteiger partial charge is 0.142 e. The van der Waals surface area contributed by atoms with Crippen molar-refractivity contribution in [3.05, 3.63) is 78.6 Å². The van der Waals surface area contributed by atoms with E-state index in [1.54, 1.807) is 6.08 Å². The van der Waals surface area contributed by atoms with Crippen molar-refractivity contribution in [3.8, 4) is 11.1 Å². The first kappa shape index (κ1) is 12.5. The minimum absolute atomic E-state index is 0.932. The first-order chi connectivity index (χ1) is 9.81. The highest BCUT2D eigenvalue weighted by atomic mass is 16.3. The number of para-hydroxylation sites is 1. The fourth-order valence-electron chi connectivity index (χ4n) is 2.47. The molecule has 3 rings (SSSR count). The summed E-state index contributed by atoms with van der Waals surface area (Å²) in [5.74, 6) is 0.932. The number of allylic oxidation sites excluding steroid dienone is 2. The third kappa shape index (κ3) is 2.08. The van der Waals surface area contributed by atoms with Crippen LogP contribution >= 0.6 is 0 Å². The molecule has 1 heterocycles. The average molecular weight is 260 g/mol. The Balaban J connectivity index is 2.27. The lowest BCUT2D eigenvalue weighted by Gasteiger charge is -2.02. The van der Waals surface area contributed by atoms with Gasteiger partial charge in [0.05, 0.1) is 0 Å². The highest BCUT2D eigenvalue weighted by Gasteiger charge is 2.12. The van der Waals surface area contributed by atoms with Crippen molar-refractivity contribution >= 4 is 17.0 Å². The summed E-state index contributed by atoms with van der Waals surface area (Å²) in [5, 5.41) is 1.14. The minimum atomic E-state index is 0.932. The van der Waals surface area contributed by atoms with Gasteiger partial charge in [0.25, 0.3) is 0 Å². The van der Waals surface area contributed by atoms with E-state index in [4.69, 9.17) is 4.42 Å². The molecule has 0 aliphatic carbocycles. The molecular weight excluding hydrogens is 244 g/mol. The maximum atomic E-state index is 6.00. The second-order valence-corrected chi connectivity index (χ2v) is 4.72. The normalized spacial score (nSPS) is 11.2. The number of fused-ring (bicyclic) bond motifs is 1. The number of hydrogen-bond donors (Lipinski definition) is 0. The third-order valence-electron chi connectivity index (χ3n) is 3.42. The molecule has 0 aliphatic heterocycles. The molecular formula is C19H16O. The van der Waals surface area contributed by atoms with Gasteiger partial charge in [0, 0.05) is 16.5 Å². The molecule has 0 spiro atoms. The second-order valence-electron chi connectivity index (χ2n) is 4.72. The highest BCUT2D eigenvalue weighted by molar-refractivity contribution is 5.98. The van der Waals surface area contributed by atoms with Gasteiger partial charge in [-0.1, -0.05) is 73.3 Å². The van der Waals surface area contributed by atoms with Gasteiger partial charge < -0.3 is 4.42 Å². The van der Waals surface area contributed by atoms with E-state index in [1.165, 1.54) is 5.56 Å². The number of rotatable bonds is 3. The van der Waals surface area contributed by atoms with Gasteiger partial charge in [0.1, 0.15) is 11.3 Å². The van der Waals surface area contributed by atoms with Gasteiger partial charge in [-0.25, -0.2) is 0 Å². The molecule has 3 aromatic rings. The van der Waals surface area contributed by atoms with Gasteiger partial charge >= 0.3 is 0 Å². The minimum Gasteiger partial charge on any atom is -0.460 e. The lowest BCUT2D eigenvalue weighted by molar-refractivity contribution is 0.578. The molecule has 0 fully saturated rings. The van der Waals surface area contributed by atoms with Crippen LogP contribution in [0.1, 0.15) is 11.3 Å². The van der Waals surface area contributed by atoms with Crippen LogP contribution in [0.25, 0.3) is 28.2 Å². The van der Waals surface area contributed by atoms with Gasteiger partial charge in [-0.05, 0) is 12.5 Å². The predicted octanol–water partition coefficient (Wildman–Crippen LogP) is 5.61. The summed E-state index contributed by atoms with van der Waals surface area (Å²) in [6, 6.07) is 16.6. The zero-order valence-electron chi connectivity index (χ0n) is 11.5. The van der Waals surface area contributed by atoms with Crippen molar-refractivity contribution in [2.75, 3.05) is 0 Å². The molecule has 98 valence electrons. The van der Waals surface area contributed by atoms with Crippen LogP contribution in [-0.2, 0) is 0 Å². The molecule has 1 aromatic heterocycles. The summed E-state index contributed by atoms with van der Waals surface area (Å²) in [6.45, 7) is 5.72. The topological polar surface area (TPSA) is 13.1 Å². The fraction of sp³-hybridized carbons (Fsp3) is 0.0526. The first-order valence-corrected chi connectivity index (χ1v) is 6.68. The third-order valence-corrected chi connectivity index (χ3v) is 3.42. The molecule has 2 aromatic carbocycles. The Morgan fingerprint density at radius 2 is 1.80 bits per heavy atom. The lowest BCUT2D eigenvalue weighted by atomic mass is 10.0. The molecule has 0 aliphatic rings. The van der Waals surface area contributed by atoms with E-state index in [-0.39, 0.29) is 0 Å². The number of benzene rings is 2. The predicted molar refractivity (Wildman–Crippen MR) is 85.6 cm³/mol. The zero-order chi connectivity index (χ0) is 13.9. The molecule has 0 radical (unpaired) electrons. The molecule has 1 nitrogen and oxygen atoms in total. The molecule has 0 saturated heterocycles. The van der Waals surface area contributed by atoms with E-state index >= 15 is 0 Å².